The molecule has 0 saturated heterocycles. The molecule has 2 aromatic carbocycles. The molecule has 0 unspecified atom stereocenters. The van der Waals surface area contributed by atoms with Crippen molar-refractivity contribution in [1.82, 2.24) is 4.72 Å². The highest BCUT2D eigenvalue weighted by atomic mass is 32.2. The van der Waals surface area contributed by atoms with Crippen LogP contribution >= 0.6 is 0 Å². The highest BCUT2D eigenvalue weighted by Gasteiger charge is 2.19. The number of carbonyl (C=O) groups is 1. The van der Waals surface area contributed by atoms with E-state index in [-0.39, 0.29) is 17.5 Å². The fourth-order valence-electron chi connectivity index (χ4n) is 2.26. The van der Waals surface area contributed by atoms with Gasteiger partial charge in [0.2, 0.25) is 10.0 Å². The molecule has 0 fully saturated rings. The molecule has 0 aliphatic carbocycles. The molecule has 0 aliphatic rings. The summed E-state index contributed by atoms with van der Waals surface area (Å²) in [6, 6.07) is 13.4. The molecule has 25 heavy (non-hydrogen) atoms. The monoisotopic (exact) mass is 363 g/mol. The van der Waals surface area contributed by atoms with Crippen LogP contribution in [0.1, 0.15) is 24.1 Å². The number of benzene rings is 2. The molecule has 0 bridgehead atoms. The maximum Gasteiger partial charge on any atom is 0.343 e. The van der Waals surface area contributed by atoms with Gasteiger partial charge in [0.1, 0.15) is 5.75 Å². The van der Waals surface area contributed by atoms with Gasteiger partial charge in [-0.2, -0.15) is 0 Å². The van der Waals surface area contributed by atoms with Gasteiger partial charge in [-0.05, 0) is 43.2 Å². The second kappa shape index (κ2) is 8.13. The number of methoxy groups -OCH3 is 1. The molecule has 0 amide bonds. The van der Waals surface area contributed by atoms with Crippen LogP contribution in [0.2, 0.25) is 0 Å². The summed E-state index contributed by atoms with van der Waals surface area (Å²) in [5, 5.41) is 0. The number of carbonyl (C=O) groups excluding carboxylic acids is 1. The predicted molar refractivity (Wildman–Crippen MR) is 93.9 cm³/mol. The van der Waals surface area contributed by atoms with Crippen LogP contribution in [-0.2, 0) is 19.6 Å². The van der Waals surface area contributed by atoms with Gasteiger partial charge in [0.25, 0.3) is 0 Å². The molecule has 134 valence electrons. The molecule has 2 rings (SSSR count). The summed E-state index contributed by atoms with van der Waals surface area (Å²) in [6.07, 6.45) is 0. The van der Waals surface area contributed by atoms with Crippen LogP contribution < -0.4 is 9.46 Å². The third-order valence-electron chi connectivity index (χ3n) is 3.66. The molecular formula is C18H21NO5S. The minimum atomic E-state index is -3.68. The topological polar surface area (TPSA) is 81.7 Å². The van der Waals surface area contributed by atoms with E-state index in [1.165, 1.54) is 25.3 Å². The van der Waals surface area contributed by atoms with Gasteiger partial charge in [-0.25, -0.2) is 17.9 Å². The molecule has 1 atom stereocenters. The first-order valence-electron chi connectivity index (χ1n) is 7.71. The first kappa shape index (κ1) is 19.0. The lowest BCUT2D eigenvalue weighted by Gasteiger charge is -2.15. The van der Waals surface area contributed by atoms with E-state index in [0.29, 0.717) is 11.3 Å². The lowest BCUT2D eigenvalue weighted by Crippen LogP contribution is -2.27. The summed E-state index contributed by atoms with van der Waals surface area (Å²) in [6.45, 7) is 3.27. The van der Waals surface area contributed by atoms with E-state index in [2.05, 4.69) is 9.46 Å². The van der Waals surface area contributed by atoms with Crippen LogP contribution in [-0.4, -0.2) is 28.1 Å². The Bertz CT molecular complexity index is 834. The van der Waals surface area contributed by atoms with E-state index in [0.717, 1.165) is 5.56 Å². The largest absolute Gasteiger partial charge is 0.482 e. The molecule has 0 heterocycles. The van der Waals surface area contributed by atoms with Crippen molar-refractivity contribution in [3.63, 3.8) is 0 Å². The standard InChI is InChI=1S/C18H21NO5S/c1-13-11-16(9-10-17(13)24-12-18(20)23-3)25(21,22)19-14(2)15-7-5-4-6-8-15/h4-11,14,19H,12H2,1-3H3/t14-/m1/s1. The van der Waals surface area contributed by atoms with Gasteiger partial charge in [0.15, 0.2) is 6.61 Å². The molecule has 0 spiro atoms. The third-order valence-corrected chi connectivity index (χ3v) is 5.20. The number of hydrogen-bond donors (Lipinski definition) is 1. The van der Waals surface area contributed by atoms with Crippen LogP contribution in [0.5, 0.6) is 5.75 Å². The van der Waals surface area contributed by atoms with Crippen molar-refractivity contribution in [2.75, 3.05) is 13.7 Å². The van der Waals surface area contributed by atoms with Crippen molar-refractivity contribution < 1.29 is 22.7 Å². The summed E-state index contributed by atoms with van der Waals surface area (Å²) in [4.78, 5) is 11.3. The quantitative estimate of drug-likeness (QED) is 0.765. The third kappa shape index (κ3) is 5.04. The minimum absolute atomic E-state index is 0.137. The molecule has 2 aromatic rings. The summed E-state index contributed by atoms with van der Waals surface area (Å²) >= 11 is 0. The van der Waals surface area contributed by atoms with E-state index < -0.39 is 16.0 Å². The van der Waals surface area contributed by atoms with Crippen LogP contribution in [0.25, 0.3) is 0 Å². The van der Waals surface area contributed by atoms with E-state index >= 15 is 0 Å². The Kier molecular flexibility index (Phi) is 6.17. The number of esters is 1. The zero-order valence-electron chi connectivity index (χ0n) is 14.4. The molecule has 0 radical (unpaired) electrons. The maximum absolute atomic E-state index is 12.6. The Labute approximate surface area is 147 Å². The van der Waals surface area contributed by atoms with E-state index in [1.807, 2.05) is 30.3 Å². The van der Waals surface area contributed by atoms with Crippen LogP contribution in [0, 0.1) is 6.92 Å². The Hall–Kier alpha value is -2.38. The molecule has 0 saturated carbocycles. The number of hydrogen-bond acceptors (Lipinski definition) is 5. The SMILES string of the molecule is COC(=O)COc1ccc(S(=O)(=O)N[C@H](C)c2ccccc2)cc1C. The van der Waals surface area contributed by atoms with Gasteiger partial charge < -0.3 is 9.47 Å². The minimum Gasteiger partial charge on any atom is -0.482 e. The predicted octanol–water partition coefficient (Wildman–Crippen LogP) is 2.59. The zero-order valence-corrected chi connectivity index (χ0v) is 15.2. The smallest absolute Gasteiger partial charge is 0.343 e. The van der Waals surface area contributed by atoms with Gasteiger partial charge in [-0.15, -0.1) is 0 Å². The van der Waals surface area contributed by atoms with Gasteiger partial charge in [-0.1, -0.05) is 30.3 Å². The number of aryl methyl sites for hydroxylation is 1. The lowest BCUT2D eigenvalue weighted by atomic mass is 10.1. The van der Waals surface area contributed by atoms with Gasteiger partial charge >= 0.3 is 5.97 Å². The highest BCUT2D eigenvalue weighted by molar-refractivity contribution is 7.89. The number of rotatable bonds is 7. The van der Waals surface area contributed by atoms with E-state index in [4.69, 9.17) is 4.74 Å². The fraction of sp³-hybridized carbons (Fsp3) is 0.278. The zero-order chi connectivity index (χ0) is 18.4. The van der Waals surface area contributed by atoms with Crippen molar-refractivity contribution >= 4 is 16.0 Å². The van der Waals surface area contributed by atoms with Crippen LogP contribution in [0.15, 0.2) is 53.4 Å². The fourth-order valence-corrected chi connectivity index (χ4v) is 3.57. The Morgan fingerprint density at radius 2 is 1.84 bits per heavy atom. The summed E-state index contributed by atoms with van der Waals surface area (Å²) in [7, 11) is -2.41. The molecule has 6 nitrogen and oxygen atoms in total. The Balaban J connectivity index is 2.14. The number of ether oxygens (including phenoxy) is 2. The summed E-state index contributed by atoms with van der Waals surface area (Å²) < 4.78 is 37.6. The Morgan fingerprint density at radius 3 is 2.44 bits per heavy atom. The van der Waals surface area contributed by atoms with Crippen molar-refractivity contribution in [3.05, 3.63) is 59.7 Å². The van der Waals surface area contributed by atoms with Gasteiger partial charge in [0.05, 0.1) is 12.0 Å². The van der Waals surface area contributed by atoms with Crippen molar-refractivity contribution in [3.8, 4) is 5.75 Å². The molecule has 7 heteroatoms. The molecule has 0 aliphatic heterocycles. The van der Waals surface area contributed by atoms with E-state index in [1.54, 1.807) is 13.8 Å². The first-order chi connectivity index (χ1) is 11.8. The molecule has 0 aromatic heterocycles. The normalized spacial score (nSPS) is 12.4. The maximum atomic E-state index is 12.6. The van der Waals surface area contributed by atoms with Crippen molar-refractivity contribution in [2.24, 2.45) is 0 Å². The van der Waals surface area contributed by atoms with Crippen LogP contribution in [0.3, 0.4) is 0 Å². The van der Waals surface area contributed by atoms with Gasteiger partial charge in [0, 0.05) is 6.04 Å². The molecule has 1 N–H and O–H groups in total. The Morgan fingerprint density at radius 1 is 1.16 bits per heavy atom. The number of sulfonamides is 1. The average molecular weight is 363 g/mol. The second-order valence-electron chi connectivity index (χ2n) is 5.55. The number of nitrogens with one attached hydrogen (secondary N) is 1. The highest BCUT2D eigenvalue weighted by Crippen LogP contribution is 2.23. The molecular weight excluding hydrogens is 342 g/mol. The van der Waals surface area contributed by atoms with E-state index in [9.17, 15) is 13.2 Å². The lowest BCUT2D eigenvalue weighted by molar-refractivity contribution is -0.142. The first-order valence-corrected chi connectivity index (χ1v) is 9.19. The summed E-state index contributed by atoms with van der Waals surface area (Å²) in [5.41, 5.74) is 1.49. The second-order valence-corrected chi connectivity index (χ2v) is 7.26. The summed E-state index contributed by atoms with van der Waals surface area (Å²) in [5.74, 6) is -0.0742. The average Bonchev–Trinajstić information content (AvgIpc) is 2.60. The van der Waals surface area contributed by atoms with Crippen LogP contribution in [0.4, 0.5) is 0 Å². The van der Waals surface area contributed by atoms with Gasteiger partial charge in [-0.3, -0.25) is 0 Å². The van der Waals surface area contributed by atoms with Crippen molar-refractivity contribution in [2.45, 2.75) is 24.8 Å². The van der Waals surface area contributed by atoms with Crippen molar-refractivity contribution in [1.29, 1.82) is 0 Å².